The number of nitrogens with zero attached hydrogens (tertiary/aromatic N) is 1. The second kappa shape index (κ2) is 5.62. The highest BCUT2D eigenvalue weighted by molar-refractivity contribution is 5.87. The first kappa shape index (κ1) is 11.9. The van der Waals surface area contributed by atoms with Crippen LogP contribution in [-0.2, 0) is 6.61 Å². The SMILES string of the molecule is O=C(O)c1ccccnc(CO)[nH]c(=O)c1. The quantitative estimate of drug-likeness (QED) is 0.657. The molecule has 0 unspecified atom stereocenters. The van der Waals surface area contributed by atoms with E-state index < -0.39 is 18.1 Å². The lowest BCUT2D eigenvalue weighted by Crippen LogP contribution is -2.08. The van der Waals surface area contributed by atoms with E-state index in [4.69, 9.17) is 10.2 Å². The normalized spacial score (nSPS) is 9.31. The lowest BCUT2D eigenvalue weighted by molar-refractivity contribution is 0.0697. The minimum atomic E-state index is -1.21. The van der Waals surface area contributed by atoms with Gasteiger partial charge in [-0.25, -0.2) is 9.78 Å². The Balaban J connectivity index is 3.48. The molecule has 0 atom stereocenters. The van der Waals surface area contributed by atoms with Crippen LogP contribution in [-0.4, -0.2) is 26.2 Å². The van der Waals surface area contributed by atoms with E-state index in [1.165, 1.54) is 24.4 Å². The van der Waals surface area contributed by atoms with E-state index in [-0.39, 0.29) is 11.4 Å². The number of carboxylic acids is 1. The van der Waals surface area contributed by atoms with Crippen molar-refractivity contribution < 1.29 is 15.0 Å². The molecule has 1 rings (SSSR count). The molecule has 1 aromatic heterocycles. The minimum Gasteiger partial charge on any atom is -0.478 e. The molecular formula is C10H10N2O4. The first-order valence-corrected chi connectivity index (χ1v) is 4.40. The fraction of sp³-hybridized carbons (Fsp3) is 0.100. The largest absolute Gasteiger partial charge is 0.478 e. The van der Waals surface area contributed by atoms with Crippen LogP contribution in [0.1, 0.15) is 16.2 Å². The highest BCUT2D eigenvalue weighted by Crippen LogP contribution is 1.91. The van der Waals surface area contributed by atoms with Gasteiger partial charge in [-0.3, -0.25) is 4.79 Å². The van der Waals surface area contributed by atoms with Gasteiger partial charge in [0.05, 0.1) is 5.56 Å². The molecular weight excluding hydrogens is 212 g/mol. The Morgan fingerprint density at radius 3 is 2.81 bits per heavy atom. The van der Waals surface area contributed by atoms with E-state index in [2.05, 4.69) is 9.97 Å². The molecule has 0 fully saturated rings. The number of aliphatic hydroxyl groups excluding tert-OH is 1. The highest BCUT2D eigenvalue weighted by Gasteiger charge is 1.99. The van der Waals surface area contributed by atoms with Gasteiger partial charge in [0.25, 0.3) is 0 Å². The number of carboxylic acid groups (broad SMARTS) is 1. The van der Waals surface area contributed by atoms with Crippen LogP contribution in [0, 0.1) is 0 Å². The molecule has 3 N–H and O–H groups in total. The van der Waals surface area contributed by atoms with Crippen LogP contribution in [0.15, 0.2) is 35.3 Å². The number of nitrogens with one attached hydrogen (secondary N) is 1. The minimum absolute atomic E-state index is 0.0533. The Morgan fingerprint density at radius 1 is 1.44 bits per heavy atom. The van der Waals surface area contributed by atoms with Gasteiger partial charge in [-0.2, -0.15) is 0 Å². The molecule has 0 saturated heterocycles. The third-order valence-corrected chi connectivity index (χ3v) is 1.65. The Morgan fingerprint density at radius 2 is 2.19 bits per heavy atom. The van der Waals surface area contributed by atoms with Gasteiger partial charge in [-0.15, -0.1) is 0 Å². The highest BCUT2D eigenvalue weighted by atomic mass is 16.4. The predicted molar refractivity (Wildman–Crippen MR) is 55.4 cm³/mol. The number of hydrogen-bond acceptors (Lipinski definition) is 4. The summed E-state index contributed by atoms with van der Waals surface area (Å²) in [4.78, 5) is 28.0. The molecule has 0 amide bonds. The van der Waals surface area contributed by atoms with Gasteiger partial charge in [-0.05, 0) is 12.1 Å². The predicted octanol–water partition coefficient (Wildman–Crippen LogP) is 0.0848. The lowest BCUT2D eigenvalue weighted by Gasteiger charge is -1.90. The third kappa shape index (κ3) is 3.50. The monoisotopic (exact) mass is 222 g/mol. The van der Waals surface area contributed by atoms with E-state index in [0.29, 0.717) is 0 Å². The van der Waals surface area contributed by atoms with Crippen LogP contribution >= 0.6 is 0 Å². The molecule has 0 aliphatic carbocycles. The molecule has 1 heterocycles. The number of aromatic carboxylic acids is 1. The fourth-order valence-corrected chi connectivity index (χ4v) is 0.955. The fourth-order valence-electron chi connectivity index (χ4n) is 0.955. The van der Waals surface area contributed by atoms with Gasteiger partial charge in [0.1, 0.15) is 12.4 Å². The number of aliphatic hydroxyl groups is 1. The van der Waals surface area contributed by atoms with Crippen molar-refractivity contribution in [1.29, 1.82) is 0 Å². The number of aromatic amines is 1. The molecule has 6 nitrogen and oxygen atoms in total. The lowest BCUT2D eigenvalue weighted by atomic mass is 10.3. The van der Waals surface area contributed by atoms with Crippen LogP contribution in [0.4, 0.5) is 0 Å². The van der Waals surface area contributed by atoms with Crippen molar-refractivity contribution in [3.63, 3.8) is 0 Å². The molecule has 84 valence electrons. The zero-order valence-corrected chi connectivity index (χ0v) is 8.25. The molecule has 0 saturated carbocycles. The van der Waals surface area contributed by atoms with Crippen LogP contribution < -0.4 is 5.56 Å². The smallest absolute Gasteiger partial charge is 0.335 e. The van der Waals surface area contributed by atoms with Crippen molar-refractivity contribution in [2.45, 2.75) is 6.61 Å². The standard InChI is InChI=1S/C10H10N2O4/c13-6-8-11-4-2-1-3-7(10(15)16)5-9(14)12-8/h1-5,13H,6H2,(H,15,16)(H,11,12,14). The van der Waals surface area contributed by atoms with Crippen LogP contribution in [0.2, 0.25) is 0 Å². The van der Waals surface area contributed by atoms with Crippen molar-refractivity contribution in [2.24, 2.45) is 0 Å². The number of aromatic nitrogens is 2. The summed E-state index contributed by atoms with van der Waals surface area (Å²) in [6.07, 6.45) is 1.34. The van der Waals surface area contributed by atoms with Gasteiger partial charge in [-0.1, -0.05) is 6.07 Å². The molecule has 0 spiro atoms. The van der Waals surface area contributed by atoms with E-state index >= 15 is 0 Å². The summed E-state index contributed by atoms with van der Waals surface area (Å²) >= 11 is 0. The maximum absolute atomic E-state index is 11.3. The summed E-state index contributed by atoms with van der Waals surface area (Å²) in [5, 5.41) is 17.6. The average molecular weight is 222 g/mol. The first-order chi connectivity index (χ1) is 7.63. The Labute approximate surface area is 90.6 Å². The number of H-pyrrole nitrogens is 1. The van der Waals surface area contributed by atoms with E-state index in [0.717, 1.165) is 6.07 Å². The Bertz CT molecular complexity index is 494. The van der Waals surface area contributed by atoms with Gasteiger partial charge >= 0.3 is 5.97 Å². The summed E-state index contributed by atoms with van der Waals surface area (Å²) in [6.45, 7) is -0.434. The zero-order valence-electron chi connectivity index (χ0n) is 8.25. The third-order valence-electron chi connectivity index (χ3n) is 1.65. The molecule has 1 aromatic rings. The number of carbonyl (C=O) groups is 1. The molecule has 0 radical (unpaired) electrons. The Hall–Kier alpha value is -2.21. The van der Waals surface area contributed by atoms with Gasteiger partial charge < -0.3 is 15.2 Å². The second-order valence-electron chi connectivity index (χ2n) is 2.83. The van der Waals surface area contributed by atoms with E-state index in [9.17, 15) is 9.59 Å². The summed E-state index contributed by atoms with van der Waals surface area (Å²) < 4.78 is 0. The zero-order chi connectivity index (χ0) is 12.0. The van der Waals surface area contributed by atoms with Gasteiger partial charge in [0.2, 0.25) is 5.56 Å². The summed E-state index contributed by atoms with van der Waals surface area (Å²) in [5.41, 5.74) is -0.800. The maximum atomic E-state index is 11.3. The first-order valence-electron chi connectivity index (χ1n) is 4.40. The van der Waals surface area contributed by atoms with Gasteiger partial charge in [0, 0.05) is 12.3 Å². The van der Waals surface area contributed by atoms with Crippen molar-refractivity contribution in [2.75, 3.05) is 0 Å². The summed E-state index contributed by atoms with van der Waals surface area (Å²) in [5.74, 6) is -1.15. The number of hydrogen-bond donors (Lipinski definition) is 3. The van der Waals surface area contributed by atoms with Crippen molar-refractivity contribution in [3.05, 3.63) is 52.2 Å². The van der Waals surface area contributed by atoms with Crippen molar-refractivity contribution in [3.8, 4) is 0 Å². The molecule has 6 heteroatoms. The van der Waals surface area contributed by atoms with Crippen molar-refractivity contribution >= 4 is 5.97 Å². The summed E-state index contributed by atoms with van der Waals surface area (Å²) in [7, 11) is 0. The Kier molecular flexibility index (Phi) is 4.16. The molecule has 0 aliphatic heterocycles. The van der Waals surface area contributed by atoms with Crippen LogP contribution in [0.3, 0.4) is 0 Å². The second-order valence-corrected chi connectivity index (χ2v) is 2.83. The van der Waals surface area contributed by atoms with E-state index in [1.54, 1.807) is 0 Å². The van der Waals surface area contributed by atoms with Crippen LogP contribution in [0.5, 0.6) is 0 Å². The van der Waals surface area contributed by atoms with E-state index in [1.807, 2.05) is 0 Å². The van der Waals surface area contributed by atoms with Crippen LogP contribution in [0.25, 0.3) is 0 Å². The van der Waals surface area contributed by atoms with Crippen molar-refractivity contribution in [1.82, 2.24) is 9.97 Å². The topological polar surface area (TPSA) is 103 Å². The average Bonchev–Trinajstić information content (AvgIpc) is 2.25. The number of rotatable bonds is 2. The molecule has 0 aromatic carbocycles. The molecule has 16 heavy (non-hydrogen) atoms. The molecule has 0 aliphatic rings. The summed E-state index contributed by atoms with van der Waals surface area (Å²) in [6, 6.07) is 5.13. The molecule has 0 bridgehead atoms. The maximum Gasteiger partial charge on any atom is 0.335 e. The van der Waals surface area contributed by atoms with Gasteiger partial charge in [0.15, 0.2) is 0 Å².